The van der Waals surface area contributed by atoms with Gasteiger partial charge in [-0.05, 0) is 0 Å². The first-order valence-corrected chi connectivity index (χ1v) is 1.66. The topological polar surface area (TPSA) is 59.8 Å². The summed E-state index contributed by atoms with van der Waals surface area (Å²) in [5, 5.41) is 0. The van der Waals surface area contributed by atoms with Gasteiger partial charge in [-0.3, -0.25) is 0 Å². The molecule has 1 heterocycles. The number of epoxide rings is 1. The summed E-state index contributed by atoms with van der Waals surface area (Å²) in [7, 11) is 0. The van der Waals surface area contributed by atoms with Crippen LogP contribution in [0.1, 0.15) is 0 Å². The zero-order valence-electron chi connectivity index (χ0n) is 3.18. The van der Waals surface area contributed by atoms with Crippen LogP contribution in [-0.4, -0.2) is 12.8 Å². The molecule has 0 aromatic carbocycles. The predicted molar refractivity (Wildman–Crippen MR) is 18.1 cm³/mol. The lowest BCUT2D eigenvalue weighted by atomic mass is 10.8. The number of hydrogen-bond donors (Lipinski definition) is 2. The minimum Gasteiger partial charge on any atom is -0.355 e. The number of hydrogen-bond acceptors (Lipinski definition) is 4. The lowest BCUT2D eigenvalue weighted by Gasteiger charge is -1.87. The molecular formula is C2H6N2O2. The minimum atomic E-state index is 0.0509. The molecule has 1 rings (SSSR count). The van der Waals surface area contributed by atoms with Gasteiger partial charge in [-0.15, -0.1) is 0 Å². The van der Waals surface area contributed by atoms with Crippen molar-refractivity contribution in [1.29, 1.82) is 0 Å². The first kappa shape index (κ1) is 4.01. The molecular weight excluding hydrogens is 84.0 g/mol. The monoisotopic (exact) mass is 90.0 g/mol. The summed E-state index contributed by atoms with van der Waals surface area (Å²) in [5.41, 5.74) is 2.38. The molecule has 1 saturated heterocycles. The van der Waals surface area contributed by atoms with Crippen LogP contribution in [0.15, 0.2) is 0 Å². The zero-order valence-corrected chi connectivity index (χ0v) is 3.18. The number of ether oxygens (including phenoxy) is 1. The molecule has 1 atom stereocenters. The second-order valence-electron chi connectivity index (χ2n) is 1.06. The highest BCUT2D eigenvalue weighted by Gasteiger charge is 2.21. The van der Waals surface area contributed by atoms with Crippen LogP contribution in [0.25, 0.3) is 0 Å². The lowest BCUT2D eigenvalue weighted by Crippen LogP contribution is -2.21. The van der Waals surface area contributed by atoms with E-state index >= 15 is 0 Å². The van der Waals surface area contributed by atoms with Crippen LogP contribution in [0.2, 0.25) is 0 Å². The van der Waals surface area contributed by atoms with Gasteiger partial charge in [0.25, 0.3) is 0 Å². The second kappa shape index (κ2) is 1.53. The van der Waals surface area contributed by atoms with E-state index in [-0.39, 0.29) is 6.23 Å². The fraction of sp³-hybridized carbons (Fsp3) is 1.00. The Hall–Kier alpha value is -0.160. The van der Waals surface area contributed by atoms with Crippen LogP contribution in [-0.2, 0) is 9.68 Å². The summed E-state index contributed by atoms with van der Waals surface area (Å²) in [6, 6.07) is 0. The number of nitrogens with one attached hydrogen (secondary N) is 1. The summed E-state index contributed by atoms with van der Waals surface area (Å²) in [6.45, 7) is 0.706. The van der Waals surface area contributed by atoms with Gasteiger partial charge in [-0.25, -0.2) is 4.94 Å². The third kappa shape index (κ3) is 0.908. The molecule has 6 heavy (non-hydrogen) atoms. The van der Waals surface area contributed by atoms with Crippen molar-refractivity contribution in [3.63, 3.8) is 0 Å². The first-order chi connectivity index (χ1) is 2.93. The van der Waals surface area contributed by atoms with Gasteiger partial charge in [0.1, 0.15) is 0 Å². The summed E-state index contributed by atoms with van der Waals surface area (Å²) >= 11 is 0. The molecule has 0 aromatic heterocycles. The number of nitrogens with two attached hydrogens (primary N) is 1. The normalized spacial score (nSPS) is 30.5. The fourth-order valence-electron chi connectivity index (χ4n) is 0.192. The van der Waals surface area contributed by atoms with Gasteiger partial charge in [0, 0.05) is 0 Å². The van der Waals surface area contributed by atoms with Gasteiger partial charge in [0.2, 0.25) is 0 Å². The highest BCUT2D eigenvalue weighted by molar-refractivity contribution is 4.58. The molecule has 1 aliphatic rings. The van der Waals surface area contributed by atoms with Crippen molar-refractivity contribution in [2.45, 2.75) is 6.23 Å². The Morgan fingerprint density at radius 3 is 2.83 bits per heavy atom. The molecule has 1 aliphatic heterocycles. The molecule has 36 valence electrons. The van der Waals surface area contributed by atoms with E-state index in [4.69, 9.17) is 0 Å². The third-order valence-corrected chi connectivity index (χ3v) is 0.533. The molecule has 4 heteroatoms. The summed E-state index contributed by atoms with van der Waals surface area (Å²) < 4.78 is 4.63. The van der Waals surface area contributed by atoms with E-state index in [1.807, 2.05) is 0 Å². The highest BCUT2D eigenvalue weighted by Crippen LogP contribution is 2.01. The molecule has 0 radical (unpaired) electrons. The molecule has 1 fully saturated rings. The molecule has 0 aliphatic carbocycles. The van der Waals surface area contributed by atoms with E-state index in [0.717, 1.165) is 0 Å². The van der Waals surface area contributed by atoms with Crippen molar-refractivity contribution < 1.29 is 9.68 Å². The number of hydroxylamine groups is 1. The van der Waals surface area contributed by atoms with Crippen molar-refractivity contribution in [2.24, 2.45) is 5.90 Å². The summed E-state index contributed by atoms with van der Waals surface area (Å²) in [6.07, 6.45) is 0.0509. The van der Waals surface area contributed by atoms with Crippen molar-refractivity contribution in [1.82, 2.24) is 5.48 Å². The molecule has 0 spiro atoms. The van der Waals surface area contributed by atoms with Gasteiger partial charge in [-0.1, -0.05) is 0 Å². The van der Waals surface area contributed by atoms with Gasteiger partial charge in [-0.2, -0.15) is 11.4 Å². The van der Waals surface area contributed by atoms with Crippen LogP contribution in [0.4, 0.5) is 0 Å². The van der Waals surface area contributed by atoms with Crippen molar-refractivity contribution in [3.8, 4) is 0 Å². The molecule has 4 nitrogen and oxygen atoms in total. The highest BCUT2D eigenvalue weighted by atomic mass is 16.8. The van der Waals surface area contributed by atoms with E-state index in [9.17, 15) is 0 Å². The van der Waals surface area contributed by atoms with Crippen molar-refractivity contribution >= 4 is 0 Å². The Bertz CT molecular complexity index is 44.8. The van der Waals surface area contributed by atoms with Gasteiger partial charge < -0.3 is 4.74 Å². The fourth-order valence-corrected chi connectivity index (χ4v) is 0.192. The molecule has 0 amide bonds. The van der Waals surface area contributed by atoms with Crippen LogP contribution >= 0.6 is 0 Å². The third-order valence-electron chi connectivity index (χ3n) is 0.533. The maximum atomic E-state index is 4.63. The smallest absolute Gasteiger partial charge is 0.155 e. The van der Waals surface area contributed by atoms with E-state index in [1.165, 1.54) is 0 Å². The van der Waals surface area contributed by atoms with Crippen LogP contribution < -0.4 is 11.4 Å². The van der Waals surface area contributed by atoms with E-state index < -0.39 is 0 Å². The van der Waals surface area contributed by atoms with Crippen molar-refractivity contribution in [3.05, 3.63) is 0 Å². The molecule has 0 saturated carbocycles. The quantitative estimate of drug-likeness (QED) is 0.328. The van der Waals surface area contributed by atoms with Gasteiger partial charge >= 0.3 is 0 Å². The zero-order chi connectivity index (χ0) is 4.41. The molecule has 0 aromatic rings. The Morgan fingerprint density at radius 1 is 2.00 bits per heavy atom. The first-order valence-electron chi connectivity index (χ1n) is 1.66. The van der Waals surface area contributed by atoms with Gasteiger partial charge in [0.15, 0.2) is 6.23 Å². The van der Waals surface area contributed by atoms with Crippen LogP contribution in [0, 0.1) is 0 Å². The van der Waals surface area contributed by atoms with Crippen LogP contribution in [0.3, 0.4) is 0 Å². The molecule has 3 N–H and O–H groups in total. The Balaban J connectivity index is 1.88. The summed E-state index contributed by atoms with van der Waals surface area (Å²) in [4.78, 5) is 3.99. The average Bonchev–Trinajstić information content (AvgIpc) is 2.21. The van der Waals surface area contributed by atoms with Gasteiger partial charge in [0.05, 0.1) is 6.61 Å². The SMILES string of the molecule is NONC1CO1. The summed E-state index contributed by atoms with van der Waals surface area (Å²) in [5.74, 6) is 4.58. The van der Waals surface area contributed by atoms with E-state index in [2.05, 4.69) is 21.1 Å². The lowest BCUT2D eigenvalue weighted by molar-refractivity contribution is 0.0146. The Labute approximate surface area is 35.1 Å². The standard InChI is InChI=1S/C2H6N2O2/c3-6-4-2-1-5-2/h2,4H,1,3H2. The van der Waals surface area contributed by atoms with Crippen molar-refractivity contribution in [2.75, 3.05) is 6.61 Å². The number of rotatable bonds is 2. The molecule has 1 unspecified atom stereocenters. The Morgan fingerprint density at radius 2 is 2.67 bits per heavy atom. The maximum absolute atomic E-state index is 4.63. The van der Waals surface area contributed by atoms with Crippen LogP contribution in [0.5, 0.6) is 0 Å². The molecule has 0 bridgehead atoms. The van der Waals surface area contributed by atoms with E-state index in [1.54, 1.807) is 0 Å². The van der Waals surface area contributed by atoms with E-state index in [0.29, 0.717) is 6.61 Å². The predicted octanol–water partition coefficient (Wildman–Crippen LogP) is -1.26. The maximum Gasteiger partial charge on any atom is 0.155 e. The second-order valence-corrected chi connectivity index (χ2v) is 1.06. The Kier molecular flexibility index (Phi) is 1.02. The minimum absolute atomic E-state index is 0.0509. The largest absolute Gasteiger partial charge is 0.355 e. The average molecular weight is 90.1 g/mol.